The molecule has 0 aliphatic carbocycles. The van der Waals surface area contributed by atoms with Gasteiger partial charge in [-0.25, -0.2) is 0 Å². The van der Waals surface area contributed by atoms with Gasteiger partial charge in [-0.15, -0.1) is 0 Å². The quantitative estimate of drug-likeness (QED) is 0.822. The van der Waals surface area contributed by atoms with Gasteiger partial charge in [0.1, 0.15) is 5.75 Å². The van der Waals surface area contributed by atoms with Crippen LogP contribution < -0.4 is 9.64 Å². The molecule has 0 saturated heterocycles. The predicted octanol–water partition coefficient (Wildman–Crippen LogP) is 3.47. The van der Waals surface area contributed by atoms with Crippen molar-refractivity contribution in [1.29, 1.82) is 0 Å². The number of hydrogen-bond donors (Lipinski definition) is 0. The molecule has 4 rings (SSSR count). The molecule has 0 saturated carbocycles. The first-order chi connectivity index (χ1) is 13.3. The second-order valence-electron chi connectivity index (χ2n) is 8.12. The summed E-state index contributed by atoms with van der Waals surface area (Å²) in [5, 5.41) is 0. The average Bonchev–Trinajstić information content (AvgIpc) is 2.68. The van der Waals surface area contributed by atoms with Crippen molar-refractivity contribution in [3.8, 4) is 5.75 Å². The van der Waals surface area contributed by atoms with Crippen LogP contribution in [0.2, 0.25) is 0 Å². The highest BCUT2D eigenvalue weighted by atomic mass is 16.5. The van der Waals surface area contributed by atoms with Crippen LogP contribution in [0.25, 0.3) is 0 Å². The van der Waals surface area contributed by atoms with Gasteiger partial charge in [0.05, 0.1) is 5.69 Å². The molecule has 2 aromatic rings. The second kappa shape index (κ2) is 6.97. The number of aryl methyl sites for hydroxylation is 1. The van der Waals surface area contributed by atoms with Crippen molar-refractivity contribution in [1.82, 2.24) is 4.90 Å². The van der Waals surface area contributed by atoms with Gasteiger partial charge in [0.15, 0.2) is 5.60 Å². The summed E-state index contributed by atoms with van der Waals surface area (Å²) in [7, 11) is 0. The first-order valence-corrected chi connectivity index (χ1v) is 9.81. The number of amides is 2. The summed E-state index contributed by atoms with van der Waals surface area (Å²) in [4.78, 5) is 29.4. The molecule has 2 heterocycles. The SMILES string of the molecule is Cc1ccc2c(c1)N(CCC(=O)N1CCc3ccccc3C1)C(=O)C(C)(C)O2. The number of rotatable bonds is 3. The van der Waals surface area contributed by atoms with Crippen LogP contribution in [0.15, 0.2) is 42.5 Å². The van der Waals surface area contributed by atoms with E-state index in [0.717, 1.165) is 24.2 Å². The van der Waals surface area contributed by atoms with Crippen LogP contribution in [0.4, 0.5) is 5.69 Å². The zero-order valence-electron chi connectivity index (χ0n) is 16.7. The third-order valence-electron chi connectivity index (χ3n) is 5.56. The molecule has 0 bridgehead atoms. The minimum absolute atomic E-state index is 0.0841. The summed E-state index contributed by atoms with van der Waals surface area (Å²) in [6, 6.07) is 14.1. The monoisotopic (exact) mass is 378 g/mol. The van der Waals surface area contributed by atoms with E-state index in [0.29, 0.717) is 25.3 Å². The fourth-order valence-electron chi connectivity index (χ4n) is 3.97. The lowest BCUT2D eigenvalue weighted by Crippen LogP contribution is -2.53. The molecule has 0 unspecified atom stereocenters. The van der Waals surface area contributed by atoms with Crippen LogP contribution >= 0.6 is 0 Å². The Kier molecular flexibility index (Phi) is 4.61. The Hall–Kier alpha value is -2.82. The van der Waals surface area contributed by atoms with E-state index >= 15 is 0 Å². The zero-order valence-corrected chi connectivity index (χ0v) is 16.7. The standard InChI is InChI=1S/C23H26N2O3/c1-16-8-9-20-19(14-16)25(22(27)23(2,3)28-20)13-11-21(26)24-12-10-17-6-4-5-7-18(17)15-24/h4-9,14H,10-13,15H2,1-3H3. The molecule has 2 amide bonds. The van der Waals surface area contributed by atoms with Crippen LogP contribution in [0, 0.1) is 6.92 Å². The number of ether oxygens (including phenoxy) is 1. The van der Waals surface area contributed by atoms with Gasteiger partial charge in [-0.05, 0) is 56.0 Å². The molecule has 5 nitrogen and oxygen atoms in total. The summed E-state index contributed by atoms with van der Waals surface area (Å²) in [6.45, 7) is 7.27. The molecule has 0 atom stereocenters. The Balaban J connectivity index is 1.49. The molecule has 0 radical (unpaired) electrons. The number of carbonyl (C=O) groups is 2. The molecule has 0 N–H and O–H groups in total. The Labute approximate surface area is 165 Å². The lowest BCUT2D eigenvalue weighted by Gasteiger charge is -2.39. The highest BCUT2D eigenvalue weighted by Gasteiger charge is 2.41. The summed E-state index contributed by atoms with van der Waals surface area (Å²) in [5.74, 6) is 0.665. The van der Waals surface area contributed by atoms with E-state index in [1.807, 2.05) is 42.2 Å². The molecule has 2 aromatic carbocycles. The number of carbonyl (C=O) groups excluding carboxylic acids is 2. The summed E-state index contributed by atoms with van der Waals surface area (Å²) in [6.07, 6.45) is 1.19. The van der Waals surface area contributed by atoms with E-state index in [4.69, 9.17) is 4.74 Å². The maximum absolute atomic E-state index is 12.9. The maximum atomic E-state index is 12.9. The Morgan fingerprint density at radius 2 is 1.89 bits per heavy atom. The molecule has 2 aliphatic heterocycles. The second-order valence-corrected chi connectivity index (χ2v) is 8.12. The van der Waals surface area contributed by atoms with E-state index < -0.39 is 5.60 Å². The van der Waals surface area contributed by atoms with E-state index in [1.54, 1.807) is 18.7 Å². The van der Waals surface area contributed by atoms with Crippen LogP contribution in [0.1, 0.15) is 37.0 Å². The van der Waals surface area contributed by atoms with Gasteiger partial charge in [-0.2, -0.15) is 0 Å². The number of nitrogens with zero attached hydrogens (tertiary/aromatic N) is 2. The molecular formula is C23H26N2O3. The Morgan fingerprint density at radius 1 is 1.14 bits per heavy atom. The van der Waals surface area contributed by atoms with Crippen molar-refractivity contribution in [2.75, 3.05) is 18.0 Å². The molecule has 0 fully saturated rings. The Morgan fingerprint density at radius 3 is 2.68 bits per heavy atom. The van der Waals surface area contributed by atoms with Gasteiger partial charge in [-0.1, -0.05) is 30.3 Å². The molecule has 146 valence electrons. The lowest BCUT2D eigenvalue weighted by atomic mass is 9.99. The van der Waals surface area contributed by atoms with E-state index in [1.165, 1.54) is 11.1 Å². The van der Waals surface area contributed by atoms with Crippen molar-refractivity contribution in [3.05, 3.63) is 59.2 Å². The van der Waals surface area contributed by atoms with Crippen LogP contribution in [0.5, 0.6) is 5.75 Å². The number of fused-ring (bicyclic) bond motifs is 2. The van der Waals surface area contributed by atoms with Crippen molar-refractivity contribution in [2.24, 2.45) is 0 Å². The molecule has 0 aromatic heterocycles. The summed E-state index contributed by atoms with van der Waals surface area (Å²) in [5.41, 5.74) is 3.41. The number of benzene rings is 2. The maximum Gasteiger partial charge on any atom is 0.270 e. The lowest BCUT2D eigenvalue weighted by molar-refractivity contribution is -0.133. The molecule has 2 aliphatic rings. The van der Waals surface area contributed by atoms with Gasteiger partial charge in [0.25, 0.3) is 5.91 Å². The van der Waals surface area contributed by atoms with Crippen LogP contribution in [0.3, 0.4) is 0 Å². The number of hydrogen-bond acceptors (Lipinski definition) is 3. The normalized spacial score (nSPS) is 17.6. The fraction of sp³-hybridized carbons (Fsp3) is 0.391. The zero-order chi connectivity index (χ0) is 19.9. The summed E-state index contributed by atoms with van der Waals surface area (Å²) >= 11 is 0. The van der Waals surface area contributed by atoms with Crippen molar-refractivity contribution < 1.29 is 14.3 Å². The molecule has 5 heteroatoms. The molecular weight excluding hydrogens is 352 g/mol. The highest BCUT2D eigenvalue weighted by molar-refractivity contribution is 6.02. The number of anilines is 1. The summed E-state index contributed by atoms with van der Waals surface area (Å²) < 4.78 is 5.89. The third-order valence-corrected chi connectivity index (χ3v) is 5.56. The van der Waals surface area contributed by atoms with Crippen LogP contribution in [-0.2, 0) is 22.6 Å². The van der Waals surface area contributed by atoms with E-state index in [2.05, 4.69) is 12.1 Å². The van der Waals surface area contributed by atoms with Crippen molar-refractivity contribution in [2.45, 2.75) is 45.8 Å². The van der Waals surface area contributed by atoms with Gasteiger partial charge >= 0.3 is 0 Å². The first kappa shape index (κ1) is 18.5. The minimum Gasteiger partial charge on any atom is -0.476 e. The van der Waals surface area contributed by atoms with Crippen LogP contribution in [-0.4, -0.2) is 35.4 Å². The highest BCUT2D eigenvalue weighted by Crippen LogP contribution is 2.38. The van der Waals surface area contributed by atoms with Gasteiger partial charge < -0.3 is 14.5 Å². The van der Waals surface area contributed by atoms with Crippen molar-refractivity contribution >= 4 is 17.5 Å². The molecule has 28 heavy (non-hydrogen) atoms. The van der Waals surface area contributed by atoms with Crippen molar-refractivity contribution in [3.63, 3.8) is 0 Å². The third kappa shape index (κ3) is 3.37. The smallest absolute Gasteiger partial charge is 0.270 e. The Bertz CT molecular complexity index is 935. The first-order valence-electron chi connectivity index (χ1n) is 9.81. The van der Waals surface area contributed by atoms with E-state index in [9.17, 15) is 9.59 Å². The minimum atomic E-state index is -0.935. The fourth-order valence-corrected chi connectivity index (χ4v) is 3.97. The van der Waals surface area contributed by atoms with E-state index in [-0.39, 0.29) is 11.8 Å². The van der Waals surface area contributed by atoms with Gasteiger partial charge in [-0.3, -0.25) is 9.59 Å². The largest absolute Gasteiger partial charge is 0.476 e. The topological polar surface area (TPSA) is 49.9 Å². The average molecular weight is 378 g/mol. The molecule has 0 spiro atoms. The van der Waals surface area contributed by atoms with Gasteiger partial charge in [0.2, 0.25) is 5.91 Å². The van der Waals surface area contributed by atoms with Gasteiger partial charge in [0, 0.05) is 26.1 Å². The predicted molar refractivity (Wildman–Crippen MR) is 108 cm³/mol.